The summed E-state index contributed by atoms with van der Waals surface area (Å²) in [6, 6.07) is 18.0. The highest BCUT2D eigenvalue weighted by atomic mass is 32.1. The van der Waals surface area contributed by atoms with E-state index in [9.17, 15) is 4.79 Å². The van der Waals surface area contributed by atoms with E-state index >= 15 is 0 Å². The number of nitrogens with one attached hydrogen (secondary N) is 1. The summed E-state index contributed by atoms with van der Waals surface area (Å²) in [7, 11) is 0. The van der Waals surface area contributed by atoms with Crippen LogP contribution in [-0.2, 0) is 11.2 Å². The van der Waals surface area contributed by atoms with Crippen molar-refractivity contribution in [3.63, 3.8) is 0 Å². The molecule has 2 aromatic carbocycles. The minimum atomic E-state index is -0.159. The van der Waals surface area contributed by atoms with Crippen LogP contribution in [0.3, 0.4) is 0 Å². The molecule has 0 unspecified atom stereocenters. The van der Waals surface area contributed by atoms with Gasteiger partial charge in [-0.15, -0.1) is 11.3 Å². The number of carbonyl (C=O) groups is 1. The molecule has 0 atom stereocenters. The first-order valence-electron chi connectivity index (χ1n) is 8.58. The molecule has 6 heteroatoms. The summed E-state index contributed by atoms with van der Waals surface area (Å²) in [6.45, 7) is 2.03. The van der Waals surface area contributed by atoms with E-state index in [-0.39, 0.29) is 12.3 Å². The minimum absolute atomic E-state index is 0.159. The van der Waals surface area contributed by atoms with Crippen LogP contribution in [0.2, 0.25) is 0 Å². The molecule has 0 fully saturated rings. The Morgan fingerprint density at radius 1 is 1.19 bits per heavy atom. The Morgan fingerprint density at radius 2 is 1.96 bits per heavy atom. The third-order valence-electron chi connectivity index (χ3n) is 4.17. The first kappa shape index (κ1) is 17.2. The van der Waals surface area contributed by atoms with E-state index in [4.69, 9.17) is 0 Å². The van der Waals surface area contributed by atoms with Crippen LogP contribution in [0.15, 0.2) is 71.3 Å². The molecule has 5 nitrogen and oxygen atoms in total. The number of fused-ring (bicyclic) bond motifs is 1. The van der Waals surface area contributed by atoms with Crippen LogP contribution < -0.4 is 5.43 Å². The largest absolute Gasteiger partial charge is 0.294 e. The normalized spacial score (nSPS) is 11.3. The standard InChI is InChI=1S/C21H18N4OS/c1-15-7-9-16(10-8-15)12-22-24-20(26)11-18-14-27-21-23-19(13-25(18)21)17-5-3-2-4-6-17/h2-10,12-14H,11H2,1H3,(H,24,26)/b22-12+. The van der Waals surface area contributed by atoms with Crippen LogP contribution in [0.4, 0.5) is 0 Å². The fourth-order valence-electron chi connectivity index (χ4n) is 2.74. The molecule has 0 bridgehead atoms. The monoisotopic (exact) mass is 374 g/mol. The molecule has 0 spiro atoms. The van der Waals surface area contributed by atoms with Gasteiger partial charge in [-0.05, 0) is 12.5 Å². The predicted molar refractivity (Wildman–Crippen MR) is 109 cm³/mol. The van der Waals surface area contributed by atoms with Crippen LogP contribution in [0.25, 0.3) is 16.2 Å². The van der Waals surface area contributed by atoms with Crippen molar-refractivity contribution in [2.24, 2.45) is 5.10 Å². The third-order valence-corrected chi connectivity index (χ3v) is 5.06. The summed E-state index contributed by atoms with van der Waals surface area (Å²) in [5.74, 6) is -0.159. The van der Waals surface area contributed by atoms with E-state index in [0.717, 1.165) is 27.5 Å². The molecule has 0 aliphatic heterocycles. The summed E-state index contributed by atoms with van der Waals surface area (Å²) < 4.78 is 1.97. The molecule has 0 saturated heterocycles. The fraction of sp³-hybridized carbons (Fsp3) is 0.0952. The Kier molecular flexibility index (Phi) is 4.80. The Bertz CT molecular complexity index is 1090. The molecule has 4 rings (SSSR count). The second-order valence-electron chi connectivity index (χ2n) is 6.25. The number of thiazole rings is 1. The summed E-state index contributed by atoms with van der Waals surface area (Å²) in [5.41, 5.74) is 7.58. The smallest absolute Gasteiger partial charge is 0.246 e. The van der Waals surface area contributed by atoms with Crippen LogP contribution in [0, 0.1) is 6.92 Å². The molecule has 0 aliphatic rings. The van der Waals surface area contributed by atoms with Crippen molar-refractivity contribution >= 4 is 28.4 Å². The van der Waals surface area contributed by atoms with Gasteiger partial charge in [-0.1, -0.05) is 60.2 Å². The first-order chi connectivity index (χ1) is 13.2. The number of benzene rings is 2. The summed E-state index contributed by atoms with van der Waals surface area (Å²) >= 11 is 1.53. The quantitative estimate of drug-likeness (QED) is 0.423. The predicted octanol–water partition coefficient (Wildman–Crippen LogP) is 4.06. The van der Waals surface area contributed by atoms with E-state index in [2.05, 4.69) is 15.5 Å². The molecule has 27 heavy (non-hydrogen) atoms. The zero-order valence-electron chi connectivity index (χ0n) is 14.8. The lowest BCUT2D eigenvalue weighted by molar-refractivity contribution is -0.120. The van der Waals surface area contributed by atoms with E-state index in [1.54, 1.807) is 6.21 Å². The van der Waals surface area contributed by atoms with Crippen molar-refractivity contribution in [2.75, 3.05) is 0 Å². The van der Waals surface area contributed by atoms with Crippen molar-refractivity contribution in [1.82, 2.24) is 14.8 Å². The summed E-state index contributed by atoms with van der Waals surface area (Å²) in [4.78, 5) is 17.7. The number of rotatable bonds is 5. The second-order valence-corrected chi connectivity index (χ2v) is 7.09. The summed E-state index contributed by atoms with van der Waals surface area (Å²) in [6.07, 6.45) is 3.86. The highest BCUT2D eigenvalue weighted by Crippen LogP contribution is 2.23. The molecule has 2 aromatic heterocycles. The molecular weight excluding hydrogens is 356 g/mol. The average molecular weight is 374 g/mol. The maximum absolute atomic E-state index is 12.2. The summed E-state index contributed by atoms with van der Waals surface area (Å²) in [5, 5.41) is 6.00. The van der Waals surface area contributed by atoms with E-state index in [1.807, 2.05) is 77.5 Å². The fourth-order valence-corrected chi connectivity index (χ4v) is 3.61. The molecule has 4 aromatic rings. The van der Waals surface area contributed by atoms with Crippen molar-refractivity contribution in [1.29, 1.82) is 0 Å². The van der Waals surface area contributed by atoms with Gasteiger partial charge in [0.05, 0.1) is 18.3 Å². The third kappa shape index (κ3) is 3.96. The average Bonchev–Trinajstić information content (AvgIpc) is 3.26. The van der Waals surface area contributed by atoms with E-state index < -0.39 is 0 Å². The van der Waals surface area contributed by atoms with Crippen LogP contribution in [-0.4, -0.2) is 21.5 Å². The van der Waals surface area contributed by atoms with Gasteiger partial charge >= 0.3 is 0 Å². The van der Waals surface area contributed by atoms with Crippen LogP contribution >= 0.6 is 11.3 Å². The number of aromatic nitrogens is 2. The van der Waals surface area contributed by atoms with E-state index in [0.29, 0.717) is 0 Å². The zero-order chi connectivity index (χ0) is 18.6. The maximum Gasteiger partial charge on any atom is 0.246 e. The molecule has 134 valence electrons. The highest BCUT2D eigenvalue weighted by molar-refractivity contribution is 7.15. The number of hydrazone groups is 1. The van der Waals surface area contributed by atoms with Gasteiger partial charge in [0.15, 0.2) is 4.96 Å². The van der Waals surface area contributed by atoms with Crippen molar-refractivity contribution < 1.29 is 4.79 Å². The molecule has 0 radical (unpaired) electrons. The van der Waals surface area contributed by atoms with Crippen LogP contribution in [0.1, 0.15) is 16.8 Å². The molecular formula is C21H18N4OS. The molecule has 1 N–H and O–H groups in total. The highest BCUT2D eigenvalue weighted by Gasteiger charge is 2.12. The number of aryl methyl sites for hydroxylation is 1. The lowest BCUT2D eigenvalue weighted by atomic mass is 10.2. The van der Waals surface area contributed by atoms with Gasteiger partial charge in [0, 0.05) is 22.8 Å². The number of imidazole rings is 1. The molecule has 0 saturated carbocycles. The Hall–Kier alpha value is -3.25. The number of nitrogens with zero attached hydrogens (tertiary/aromatic N) is 3. The number of hydrogen-bond acceptors (Lipinski definition) is 4. The Balaban J connectivity index is 1.44. The first-order valence-corrected chi connectivity index (χ1v) is 9.46. The van der Waals surface area contributed by atoms with Crippen molar-refractivity contribution in [3.05, 3.63) is 83.0 Å². The Labute approximate surface area is 161 Å². The van der Waals surface area contributed by atoms with E-state index in [1.165, 1.54) is 16.9 Å². The zero-order valence-corrected chi connectivity index (χ0v) is 15.6. The van der Waals surface area contributed by atoms with Gasteiger partial charge in [0.1, 0.15) is 0 Å². The maximum atomic E-state index is 12.2. The number of carbonyl (C=O) groups excluding carboxylic acids is 1. The van der Waals surface area contributed by atoms with Gasteiger partial charge in [-0.25, -0.2) is 10.4 Å². The second kappa shape index (κ2) is 7.55. The lowest BCUT2D eigenvalue weighted by Gasteiger charge is -2.00. The van der Waals surface area contributed by atoms with Gasteiger partial charge in [0.2, 0.25) is 5.91 Å². The molecule has 0 aliphatic carbocycles. The Morgan fingerprint density at radius 3 is 2.74 bits per heavy atom. The van der Waals surface area contributed by atoms with Gasteiger partial charge in [-0.2, -0.15) is 5.10 Å². The van der Waals surface area contributed by atoms with Crippen LogP contribution in [0.5, 0.6) is 0 Å². The van der Waals surface area contributed by atoms with Crippen molar-refractivity contribution in [3.8, 4) is 11.3 Å². The van der Waals surface area contributed by atoms with Gasteiger partial charge in [0.25, 0.3) is 0 Å². The molecule has 2 heterocycles. The number of hydrogen-bond donors (Lipinski definition) is 1. The van der Waals surface area contributed by atoms with Gasteiger partial charge in [-0.3, -0.25) is 9.20 Å². The lowest BCUT2D eigenvalue weighted by Crippen LogP contribution is -2.20. The number of amides is 1. The van der Waals surface area contributed by atoms with Gasteiger partial charge < -0.3 is 0 Å². The minimum Gasteiger partial charge on any atom is -0.294 e. The molecule has 1 amide bonds. The SMILES string of the molecule is Cc1ccc(/C=N/NC(=O)Cc2csc3nc(-c4ccccc4)cn23)cc1. The van der Waals surface area contributed by atoms with Crippen molar-refractivity contribution in [2.45, 2.75) is 13.3 Å². The topological polar surface area (TPSA) is 58.8 Å².